The van der Waals surface area contributed by atoms with E-state index < -0.39 is 17.8 Å². The molecule has 168 valence electrons. The fourth-order valence-corrected chi connectivity index (χ4v) is 4.06. The van der Waals surface area contributed by atoms with Gasteiger partial charge in [0.25, 0.3) is 0 Å². The van der Waals surface area contributed by atoms with Crippen molar-refractivity contribution in [2.24, 2.45) is 4.99 Å². The molecule has 0 radical (unpaired) electrons. The van der Waals surface area contributed by atoms with Crippen LogP contribution in [0.1, 0.15) is 51.0 Å². The highest BCUT2D eigenvalue weighted by Crippen LogP contribution is 2.30. The Balaban J connectivity index is 0.00000450. The number of thiazole rings is 2. The number of aromatic nitrogens is 2. The summed E-state index contributed by atoms with van der Waals surface area (Å²) in [5.41, 5.74) is -0.269. The highest BCUT2D eigenvalue weighted by Gasteiger charge is 2.33. The first-order valence-electron chi connectivity index (χ1n) is 8.78. The summed E-state index contributed by atoms with van der Waals surface area (Å²) in [6.45, 7) is 6.01. The molecule has 2 heterocycles. The zero-order chi connectivity index (χ0) is 21.6. The van der Waals surface area contributed by atoms with Crippen LogP contribution in [0.5, 0.6) is 0 Å². The Morgan fingerprint density at radius 3 is 2.63 bits per heavy atom. The minimum absolute atomic E-state index is 0. The number of esters is 1. The molecule has 0 spiro atoms. The molecule has 0 bridgehead atoms. The average Bonchev–Trinajstić information content (AvgIpc) is 3.27. The van der Waals surface area contributed by atoms with Gasteiger partial charge in [-0.25, -0.2) is 14.8 Å². The molecule has 0 aromatic carbocycles. The van der Waals surface area contributed by atoms with Crippen molar-refractivity contribution in [3.63, 3.8) is 0 Å². The van der Waals surface area contributed by atoms with Crippen LogP contribution in [0.3, 0.4) is 0 Å². The second-order valence-electron chi connectivity index (χ2n) is 5.93. The molecule has 7 nitrogen and oxygen atoms in total. The Morgan fingerprint density at radius 1 is 1.37 bits per heavy atom. The van der Waals surface area contributed by atoms with Crippen molar-refractivity contribution >= 4 is 58.6 Å². The van der Waals surface area contributed by atoms with Gasteiger partial charge in [-0.05, 0) is 20.8 Å². The van der Waals surface area contributed by atoms with Crippen LogP contribution in [0.15, 0.2) is 10.4 Å². The van der Waals surface area contributed by atoms with E-state index in [4.69, 9.17) is 4.74 Å². The summed E-state index contributed by atoms with van der Waals surface area (Å²) in [6, 6.07) is -0.232. The molecule has 0 saturated heterocycles. The zero-order valence-corrected chi connectivity index (χ0v) is 20.8. The topological polar surface area (TPSA) is 88.5 Å². The largest absolute Gasteiger partial charge is 0.462 e. The third-order valence-corrected chi connectivity index (χ3v) is 5.92. The van der Waals surface area contributed by atoms with E-state index in [0.717, 1.165) is 16.7 Å². The predicted octanol–water partition coefficient (Wildman–Crippen LogP) is 4.19. The number of ether oxygens (including phenoxy) is 1. The summed E-state index contributed by atoms with van der Waals surface area (Å²) in [6.07, 6.45) is -4.09. The van der Waals surface area contributed by atoms with Crippen molar-refractivity contribution in [3.8, 4) is 0 Å². The summed E-state index contributed by atoms with van der Waals surface area (Å²) >= 11 is 2.22. The first kappa shape index (κ1) is 26.6. The van der Waals surface area contributed by atoms with Crippen molar-refractivity contribution < 1.29 is 22.7 Å². The van der Waals surface area contributed by atoms with Gasteiger partial charge in [-0.1, -0.05) is 0 Å². The number of guanidine groups is 1. The molecule has 2 aromatic rings. The quantitative estimate of drug-likeness (QED) is 0.222. The molecule has 1 atom stereocenters. The number of aliphatic imine (C=N–C) groups is 1. The van der Waals surface area contributed by atoms with Crippen molar-refractivity contribution in [2.75, 3.05) is 20.2 Å². The van der Waals surface area contributed by atoms with E-state index >= 15 is 0 Å². The lowest BCUT2D eigenvalue weighted by molar-refractivity contribution is -0.140. The lowest BCUT2D eigenvalue weighted by Gasteiger charge is -2.15. The number of hydrogen-bond acceptors (Lipinski definition) is 7. The number of hydrogen-bond donors (Lipinski definition) is 2. The summed E-state index contributed by atoms with van der Waals surface area (Å²) in [5.74, 6) is 0.0702. The second-order valence-corrected chi connectivity index (χ2v) is 7.90. The highest BCUT2D eigenvalue weighted by molar-refractivity contribution is 14.0. The number of carbonyl (C=O) groups is 1. The number of halogens is 4. The molecule has 0 fully saturated rings. The van der Waals surface area contributed by atoms with E-state index in [1.54, 1.807) is 20.9 Å². The van der Waals surface area contributed by atoms with Gasteiger partial charge in [-0.3, -0.25) is 4.99 Å². The van der Waals surface area contributed by atoms with Gasteiger partial charge in [0.15, 0.2) is 11.7 Å². The smallest absolute Gasteiger partial charge is 0.434 e. The molecule has 2 rings (SSSR count). The summed E-state index contributed by atoms with van der Waals surface area (Å²) in [5, 5.41) is 8.29. The predicted molar refractivity (Wildman–Crippen MR) is 122 cm³/mol. The number of alkyl halides is 3. The Kier molecular flexibility index (Phi) is 10.4. The number of nitrogens with zero attached hydrogens (tertiary/aromatic N) is 3. The van der Waals surface area contributed by atoms with Gasteiger partial charge in [-0.15, -0.1) is 46.7 Å². The Hall–Kier alpha value is -1.48. The first-order valence-corrected chi connectivity index (χ1v) is 10.5. The maximum atomic E-state index is 12.6. The van der Waals surface area contributed by atoms with Gasteiger partial charge in [0, 0.05) is 25.4 Å². The number of rotatable bonds is 7. The Bertz CT molecular complexity index is 870. The van der Waals surface area contributed by atoms with E-state index in [1.165, 1.54) is 11.3 Å². The molecule has 0 aliphatic carbocycles. The minimum atomic E-state index is -4.43. The first-order chi connectivity index (χ1) is 13.7. The van der Waals surface area contributed by atoms with Crippen LogP contribution in [0, 0.1) is 6.92 Å². The SMILES string of the molecule is CCOC(=O)c1sc(C(C)NC(=NC)NCCc2nc(C(F)(F)F)cs2)nc1C.I. The molecule has 30 heavy (non-hydrogen) atoms. The van der Waals surface area contributed by atoms with Crippen LogP contribution in [0.4, 0.5) is 13.2 Å². The highest BCUT2D eigenvalue weighted by atomic mass is 127. The Morgan fingerprint density at radius 2 is 2.07 bits per heavy atom. The third kappa shape index (κ3) is 7.34. The van der Waals surface area contributed by atoms with E-state index in [9.17, 15) is 18.0 Å². The van der Waals surface area contributed by atoms with Gasteiger partial charge in [0.1, 0.15) is 9.88 Å². The zero-order valence-electron chi connectivity index (χ0n) is 16.8. The molecule has 0 amide bonds. The van der Waals surface area contributed by atoms with Crippen molar-refractivity contribution in [3.05, 3.63) is 31.7 Å². The molecule has 2 N–H and O–H groups in total. The number of carbonyl (C=O) groups excluding carboxylic acids is 1. The van der Waals surface area contributed by atoms with Crippen LogP contribution in [0.2, 0.25) is 0 Å². The third-order valence-electron chi connectivity index (χ3n) is 3.69. The van der Waals surface area contributed by atoms with Gasteiger partial charge in [0.05, 0.1) is 23.4 Å². The van der Waals surface area contributed by atoms with Gasteiger partial charge >= 0.3 is 12.1 Å². The van der Waals surface area contributed by atoms with Crippen molar-refractivity contribution in [1.29, 1.82) is 0 Å². The maximum absolute atomic E-state index is 12.6. The van der Waals surface area contributed by atoms with E-state index in [0.29, 0.717) is 46.1 Å². The molecule has 0 saturated carbocycles. The van der Waals surface area contributed by atoms with Gasteiger partial charge < -0.3 is 15.4 Å². The van der Waals surface area contributed by atoms with Crippen LogP contribution in [-0.2, 0) is 17.3 Å². The van der Waals surface area contributed by atoms with Crippen LogP contribution in [0.25, 0.3) is 0 Å². The summed E-state index contributed by atoms with van der Waals surface area (Å²) in [4.78, 5) is 24.5. The number of aryl methyl sites for hydroxylation is 1. The molecule has 13 heteroatoms. The molecule has 0 aliphatic rings. The van der Waals surface area contributed by atoms with Crippen LogP contribution < -0.4 is 10.6 Å². The fraction of sp³-hybridized carbons (Fsp3) is 0.529. The van der Waals surface area contributed by atoms with Crippen molar-refractivity contribution in [2.45, 2.75) is 39.4 Å². The standard InChI is InChI=1S/C17H22F3N5O2S2.HI/c1-5-27-15(26)13-9(2)23-14(29-13)10(3)24-16(21-4)22-7-6-12-25-11(8-28-12)17(18,19)20;/h8,10H,5-7H2,1-4H3,(H2,21,22,24);1H. The van der Waals surface area contributed by atoms with Crippen LogP contribution in [-0.4, -0.2) is 42.1 Å². The van der Waals surface area contributed by atoms with Crippen LogP contribution >= 0.6 is 46.7 Å². The van der Waals surface area contributed by atoms with Gasteiger partial charge in [-0.2, -0.15) is 13.2 Å². The Labute approximate surface area is 197 Å². The minimum Gasteiger partial charge on any atom is -0.462 e. The van der Waals surface area contributed by atoms with Crippen molar-refractivity contribution in [1.82, 2.24) is 20.6 Å². The lowest BCUT2D eigenvalue weighted by atomic mass is 10.3. The molecule has 0 aliphatic heterocycles. The number of nitrogens with one attached hydrogen (secondary N) is 2. The average molecular weight is 577 g/mol. The molecular weight excluding hydrogens is 554 g/mol. The summed E-state index contributed by atoms with van der Waals surface area (Å²) in [7, 11) is 1.59. The van der Waals surface area contributed by atoms with E-state index in [-0.39, 0.29) is 30.0 Å². The summed E-state index contributed by atoms with van der Waals surface area (Å²) < 4.78 is 42.8. The second kappa shape index (κ2) is 11.8. The van der Waals surface area contributed by atoms with Gasteiger partial charge in [0.2, 0.25) is 0 Å². The maximum Gasteiger partial charge on any atom is 0.434 e. The fourth-order valence-electron chi connectivity index (χ4n) is 2.29. The molecular formula is C17H23F3IN5O2S2. The monoisotopic (exact) mass is 577 g/mol. The molecule has 1 unspecified atom stereocenters. The normalized spacial score (nSPS) is 12.8. The van der Waals surface area contributed by atoms with E-state index in [2.05, 4.69) is 25.6 Å². The molecule has 2 aromatic heterocycles. The lowest BCUT2D eigenvalue weighted by Crippen LogP contribution is -2.39. The van der Waals surface area contributed by atoms with E-state index in [1.807, 2.05) is 6.92 Å².